The van der Waals surface area contributed by atoms with Crippen molar-refractivity contribution in [1.29, 1.82) is 0 Å². The van der Waals surface area contributed by atoms with Crippen molar-refractivity contribution in [3.63, 3.8) is 0 Å². The third kappa shape index (κ3) is 6.33. The number of carboxylic acid groups (broad SMARTS) is 1. The Balaban J connectivity index is 1.92. The van der Waals surface area contributed by atoms with Crippen LogP contribution in [0.5, 0.6) is 0 Å². The van der Waals surface area contributed by atoms with Crippen molar-refractivity contribution >= 4 is 12.0 Å². The zero-order chi connectivity index (χ0) is 18.9. The lowest BCUT2D eigenvalue weighted by Gasteiger charge is -2.35. The Morgan fingerprint density at radius 1 is 1.23 bits per heavy atom. The molecule has 0 saturated heterocycles. The van der Waals surface area contributed by atoms with Crippen LogP contribution in [-0.4, -0.2) is 54.4 Å². The number of methoxy groups -OCH3 is 1. The van der Waals surface area contributed by atoms with Gasteiger partial charge in [-0.25, -0.2) is 4.79 Å². The number of amides is 2. The molecule has 1 unspecified atom stereocenters. The monoisotopic (exact) mass is 362 g/mol. The summed E-state index contributed by atoms with van der Waals surface area (Å²) >= 11 is 0. The number of rotatable bonds is 8. The first kappa shape index (κ1) is 20.2. The summed E-state index contributed by atoms with van der Waals surface area (Å²) in [6, 6.07) is 9.72. The van der Waals surface area contributed by atoms with Gasteiger partial charge in [-0.1, -0.05) is 30.3 Å². The van der Waals surface area contributed by atoms with E-state index in [2.05, 4.69) is 5.32 Å². The van der Waals surface area contributed by atoms with Crippen molar-refractivity contribution in [3.05, 3.63) is 35.9 Å². The number of carbonyl (C=O) groups is 2. The van der Waals surface area contributed by atoms with Crippen LogP contribution in [0.25, 0.3) is 0 Å². The van der Waals surface area contributed by atoms with Gasteiger partial charge >= 0.3 is 12.0 Å². The van der Waals surface area contributed by atoms with Gasteiger partial charge in [0.05, 0.1) is 6.10 Å². The second-order valence-electron chi connectivity index (χ2n) is 7.05. The Bertz CT molecular complexity index is 570. The van der Waals surface area contributed by atoms with Gasteiger partial charge in [-0.2, -0.15) is 0 Å². The van der Waals surface area contributed by atoms with Crippen molar-refractivity contribution < 1.29 is 19.4 Å². The van der Waals surface area contributed by atoms with Crippen LogP contribution in [0.4, 0.5) is 4.79 Å². The molecule has 1 aromatic rings. The predicted molar refractivity (Wildman–Crippen MR) is 100 cm³/mol. The zero-order valence-electron chi connectivity index (χ0n) is 15.7. The minimum atomic E-state index is -0.844. The number of nitrogens with zero attached hydrogens (tertiary/aromatic N) is 1. The van der Waals surface area contributed by atoms with E-state index in [1.165, 1.54) is 0 Å². The number of aliphatic carboxylic acids is 1. The standard InChI is InChI=1S/C20H30N2O4/c1-22(17-9-11-18(26-2)12-10-17)20(25)21-16(8-13-19(23)24)14-15-6-4-3-5-7-15/h3-7,16-18H,8-14H2,1-2H3,(H,21,25)(H,23,24). The maximum Gasteiger partial charge on any atom is 0.317 e. The zero-order valence-corrected chi connectivity index (χ0v) is 15.7. The largest absolute Gasteiger partial charge is 0.481 e. The van der Waals surface area contributed by atoms with Crippen molar-refractivity contribution in [1.82, 2.24) is 10.2 Å². The van der Waals surface area contributed by atoms with Crippen LogP contribution in [0.2, 0.25) is 0 Å². The molecule has 6 nitrogen and oxygen atoms in total. The molecule has 1 aromatic carbocycles. The van der Waals surface area contributed by atoms with Crippen molar-refractivity contribution in [3.8, 4) is 0 Å². The molecular formula is C20H30N2O4. The van der Waals surface area contributed by atoms with Crippen LogP contribution in [0.3, 0.4) is 0 Å². The number of carbonyl (C=O) groups excluding carboxylic acids is 1. The molecule has 1 aliphatic rings. The normalized spacial score (nSPS) is 21.0. The molecule has 1 atom stereocenters. The number of hydrogen-bond acceptors (Lipinski definition) is 3. The number of ether oxygens (including phenoxy) is 1. The van der Waals surface area contributed by atoms with E-state index in [-0.39, 0.29) is 24.5 Å². The fraction of sp³-hybridized carbons (Fsp3) is 0.600. The van der Waals surface area contributed by atoms with E-state index in [1.807, 2.05) is 37.4 Å². The first-order valence-electron chi connectivity index (χ1n) is 9.31. The summed E-state index contributed by atoms with van der Waals surface area (Å²) in [5.41, 5.74) is 1.09. The number of hydrogen-bond donors (Lipinski definition) is 2. The summed E-state index contributed by atoms with van der Waals surface area (Å²) in [5.74, 6) is -0.844. The summed E-state index contributed by atoms with van der Waals surface area (Å²) in [7, 11) is 3.56. The van der Waals surface area contributed by atoms with E-state index in [1.54, 1.807) is 12.0 Å². The number of urea groups is 1. The molecule has 6 heteroatoms. The Morgan fingerprint density at radius 2 is 1.88 bits per heavy atom. The molecule has 0 heterocycles. The van der Waals surface area contributed by atoms with Crippen LogP contribution in [-0.2, 0) is 16.0 Å². The third-order valence-electron chi connectivity index (χ3n) is 5.20. The molecule has 1 aliphatic carbocycles. The first-order chi connectivity index (χ1) is 12.5. The molecular weight excluding hydrogens is 332 g/mol. The van der Waals surface area contributed by atoms with Crippen LogP contribution >= 0.6 is 0 Å². The van der Waals surface area contributed by atoms with E-state index < -0.39 is 5.97 Å². The third-order valence-corrected chi connectivity index (χ3v) is 5.20. The fourth-order valence-corrected chi connectivity index (χ4v) is 3.53. The highest BCUT2D eigenvalue weighted by atomic mass is 16.5. The highest BCUT2D eigenvalue weighted by Gasteiger charge is 2.27. The van der Waals surface area contributed by atoms with Crippen LogP contribution in [0.1, 0.15) is 44.1 Å². The van der Waals surface area contributed by atoms with E-state index in [9.17, 15) is 9.59 Å². The van der Waals surface area contributed by atoms with Gasteiger partial charge in [0, 0.05) is 32.7 Å². The highest BCUT2D eigenvalue weighted by Crippen LogP contribution is 2.24. The van der Waals surface area contributed by atoms with Gasteiger partial charge in [-0.05, 0) is 44.1 Å². The van der Waals surface area contributed by atoms with E-state index in [0.29, 0.717) is 18.9 Å². The number of benzene rings is 1. The predicted octanol–water partition coefficient (Wildman–Crippen LogP) is 3.06. The van der Waals surface area contributed by atoms with Gasteiger partial charge in [0.2, 0.25) is 0 Å². The Hall–Kier alpha value is -2.08. The maximum atomic E-state index is 12.7. The molecule has 144 valence electrons. The second kappa shape index (κ2) is 10.2. The molecule has 0 aromatic heterocycles. The Kier molecular flexibility index (Phi) is 7.91. The van der Waals surface area contributed by atoms with Crippen molar-refractivity contribution in [2.75, 3.05) is 14.2 Å². The SMILES string of the molecule is COC1CCC(N(C)C(=O)NC(CCC(=O)O)Cc2ccccc2)CC1. The summed E-state index contributed by atoms with van der Waals surface area (Å²) in [5, 5.41) is 12.0. The molecule has 2 amide bonds. The topological polar surface area (TPSA) is 78.9 Å². The lowest BCUT2D eigenvalue weighted by molar-refractivity contribution is -0.137. The highest BCUT2D eigenvalue weighted by molar-refractivity contribution is 5.74. The van der Waals surface area contributed by atoms with Crippen molar-refractivity contribution in [2.45, 2.75) is 63.1 Å². The van der Waals surface area contributed by atoms with Crippen LogP contribution in [0.15, 0.2) is 30.3 Å². The molecule has 2 N–H and O–H groups in total. The first-order valence-corrected chi connectivity index (χ1v) is 9.31. The average molecular weight is 362 g/mol. The summed E-state index contributed by atoms with van der Waals surface area (Å²) in [6.45, 7) is 0. The van der Waals surface area contributed by atoms with E-state index >= 15 is 0 Å². The molecule has 1 saturated carbocycles. The summed E-state index contributed by atoms with van der Waals surface area (Å²) in [4.78, 5) is 25.4. The van der Waals surface area contributed by atoms with Gasteiger partial charge in [0.1, 0.15) is 0 Å². The van der Waals surface area contributed by atoms with Crippen LogP contribution in [0, 0.1) is 0 Å². The maximum absolute atomic E-state index is 12.7. The van der Waals surface area contributed by atoms with Crippen molar-refractivity contribution in [2.24, 2.45) is 0 Å². The lowest BCUT2D eigenvalue weighted by atomic mass is 9.92. The van der Waals surface area contributed by atoms with E-state index in [4.69, 9.17) is 9.84 Å². The lowest BCUT2D eigenvalue weighted by Crippen LogP contribution is -2.49. The number of nitrogens with one attached hydrogen (secondary N) is 1. The van der Waals surface area contributed by atoms with Gasteiger partial charge in [0.25, 0.3) is 0 Å². The quantitative estimate of drug-likeness (QED) is 0.745. The fourth-order valence-electron chi connectivity index (χ4n) is 3.53. The minimum absolute atomic E-state index is 0.0421. The molecule has 1 fully saturated rings. The Morgan fingerprint density at radius 3 is 2.46 bits per heavy atom. The molecule has 0 bridgehead atoms. The molecule has 26 heavy (non-hydrogen) atoms. The minimum Gasteiger partial charge on any atom is -0.481 e. The average Bonchev–Trinajstić information content (AvgIpc) is 2.66. The molecule has 0 spiro atoms. The summed E-state index contributed by atoms with van der Waals surface area (Å²) < 4.78 is 5.39. The second-order valence-corrected chi connectivity index (χ2v) is 7.05. The molecule has 2 rings (SSSR count). The smallest absolute Gasteiger partial charge is 0.317 e. The number of carboxylic acids is 1. The van der Waals surface area contributed by atoms with E-state index in [0.717, 1.165) is 31.2 Å². The van der Waals surface area contributed by atoms with Gasteiger partial charge in [0.15, 0.2) is 0 Å². The Labute approximate surface area is 155 Å². The molecule has 0 radical (unpaired) electrons. The molecule has 0 aliphatic heterocycles. The van der Waals surface area contributed by atoms with Crippen LogP contribution < -0.4 is 5.32 Å². The van der Waals surface area contributed by atoms with Gasteiger partial charge < -0.3 is 20.1 Å². The summed E-state index contributed by atoms with van der Waals surface area (Å²) in [6.07, 6.45) is 5.17. The van der Waals surface area contributed by atoms with Gasteiger partial charge in [-0.3, -0.25) is 4.79 Å². The van der Waals surface area contributed by atoms with Gasteiger partial charge in [-0.15, -0.1) is 0 Å².